The average molecular weight is 747 g/mol. The van der Waals surface area contributed by atoms with E-state index in [0.29, 0.717) is 17.5 Å². The second kappa shape index (κ2) is 12.6. The van der Waals surface area contributed by atoms with E-state index in [-0.39, 0.29) is 0 Å². The lowest BCUT2D eigenvalue weighted by atomic mass is 9.95. The molecule has 0 radical (unpaired) electrons. The summed E-state index contributed by atoms with van der Waals surface area (Å²) >= 11 is 1.76. The van der Waals surface area contributed by atoms with E-state index >= 15 is 0 Å². The molecule has 0 aliphatic rings. The van der Waals surface area contributed by atoms with Crippen molar-refractivity contribution in [2.45, 2.75) is 0 Å². The summed E-state index contributed by atoms with van der Waals surface area (Å²) in [6.07, 6.45) is 0. The van der Waals surface area contributed by atoms with Gasteiger partial charge in [-0.05, 0) is 65.7 Å². The van der Waals surface area contributed by atoms with Crippen molar-refractivity contribution >= 4 is 75.3 Å². The molecule has 0 atom stereocenters. The Morgan fingerprint density at radius 2 is 1.05 bits per heavy atom. The lowest BCUT2D eigenvalue weighted by molar-refractivity contribution is 0.673. The number of aromatic nitrogens is 4. The van der Waals surface area contributed by atoms with Crippen molar-refractivity contribution < 1.29 is 4.42 Å². The molecule has 4 aromatic heterocycles. The van der Waals surface area contributed by atoms with Gasteiger partial charge in [0.2, 0.25) is 0 Å². The SMILES string of the molecule is c1ccc(-c2nc(-c3ccccc3)nc(-c3cc(-c4cccc5c4c4ccccc4n5-c4ccccc4)cc4c3sc3ccc5c6ccccc6oc5c34)n2)cc1. The Balaban J connectivity index is 1.21. The van der Waals surface area contributed by atoms with Crippen LogP contribution in [0, 0.1) is 0 Å². The number of para-hydroxylation sites is 3. The van der Waals surface area contributed by atoms with Gasteiger partial charge in [0.15, 0.2) is 17.5 Å². The van der Waals surface area contributed by atoms with E-state index in [4.69, 9.17) is 19.4 Å². The van der Waals surface area contributed by atoms with Crippen molar-refractivity contribution in [1.29, 1.82) is 0 Å². The minimum Gasteiger partial charge on any atom is -0.455 e. The molecule has 0 aliphatic carbocycles. The van der Waals surface area contributed by atoms with Crippen molar-refractivity contribution in [3.8, 4) is 51.0 Å². The summed E-state index contributed by atoms with van der Waals surface area (Å²) in [6.45, 7) is 0. The monoisotopic (exact) mass is 746 g/mol. The van der Waals surface area contributed by atoms with E-state index in [2.05, 4.69) is 144 Å². The highest BCUT2D eigenvalue weighted by Crippen LogP contribution is 2.48. The third kappa shape index (κ3) is 4.98. The van der Waals surface area contributed by atoms with Gasteiger partial charge < -0.3 is 8.98 Å². The summed E-state index contributed by atoms with van der Waals surface area (Å²) < 4.78 is 11.3. The first-order chi connectivity index (χ1) is 28.3. The van der Waals surface area contributed by atoms with Crippen LogP contribution in [-0.4, -0.2) is 19.5 Å². The van der Waals surface area contributed by atoms with E-state index in [9.17, 15) is 0 Å². The van der Waals surface area contributed by atoms with Crippen molar-refractivity contribution in [1.82, 2.24) is 19.5 Å². The van der Waals surface area contributed by atoms with E-state index in [1.54, 1.807) is 11.3 Å². The van der Waals surface area contributed by atoms with Crippen molar-refractivity contribution in [2.75, 3.05) is 0 Å². The second-order valence-corrected chi connectivity index (χ2v) is 15.4. The van der Waals surface area contributed by atoms with Gasteiger partial charge in [-0.1, -0.05) is 127 Å². The van der Waals surface area contributed by atoms with Crippen molar-refractivity contribution in [2.24, 2.45) is 0 Å². The van der Waals surface area contributed by atoms with Gasteiger partial charge in [0.25, 0.3) is 0 Å². The molecule has 4 heterocycles. The van der Waals surface area contributed by atoms with Crippen LogP contribution in [0.2, 0.25) is 0 Å². The van der Waals surface area contributed by atoms with Crippen LogP contribution in [-0.2, 0) is 0 Å². The quantitative estimate of drug-likeness (QED) is 0.176. The van der Waals surface area contributed by atoms with Crippen LogP contribution in [0.3, 0.4) is 0 Å². The molecule has 266 valence electrons. The maximum absolute atomic E-state index is 6.72. The normalized spacial score (nSPS) is 11.9. The molecule has 12 aromatic rings. The first kappa shape index (κ1) is 31.9. The zero-order valence-electron chi connectivity index (χ0n) is 30.4. The van der Waals surface area contributed by atoms with Crippen molar-refractivity contribution in [3.05, 3.63) is 182 Å². The van der Waals surface area contributed by atoms with Gasteiger partial charge in [0, 0.05) is 64.1 Å². The number of hydrogen-bond donors (Lipinski definition) is 0. The Bertz CT molecular complexity index is 3460. The van der Waals surface area contributed by atoms with Gasteiger partial charge in [0.05, 0.1) is 11.0 Å². The number of hydrogen-bond acceptors (Lipinski definition) is 5. The second-order valence-electron chi connectivity index (χ2n) is 14.3. The molecule has 6 heteroatoms. The Hall–Kier alpha value is -7.41. The lowest BCUT2D eigenvalue weighted by Gasteiger charge is -2.12. The number of nitrogens with zero attached hydrogens (tertiary/aromatic N) is 4. The first-order valence-electron chi connectivity index (χ1n) is 19.0. The smallest absolute Gasteiger partial charge is 0.165 e. The number of fused-ring (bicyclic) bond motifs is 10. The molecule has 0 fully saturated rings. The van der Waals surface area contributed by atoms with E-state index in [0.717, 1.165) is 86.6 Å². The Kier molecular flexibility index (Phi) is 7.03. The minimum atomic E-state index is 0.626. The van der Waals surface area contributed by atoms with Crippen molar-refractivity contribution in [3.63, 3.8) is 0 Å². The predicted octanol–water partition coefficient (Wildman–Crippen LogP) is 13.9. The molecule has 0 unspecified atom stereocenters. The van der Waals surface area contributed by atoms with Crippen LogP contribution in [0.5, 0.6) is 0 Å². The molecule has 0 aliphatic heterocycles. The standard InChI is InChI=1S/C51H30N4OS/c1-4-15-31(16-5-1)49-52-50(32-17-6-2-7-18-32)54-51(53-49)40-30-33(29-39-46-44(57-48(39)40)28-27-37-36-21-11-13-26-43(36)56-47(37)46)35-23-14-25-42-45(35)38-22-10-12-24-41(38)55(42)34-19-8-3-9-20-34/h1-30H. The number of rotatable bonds is 5. The molecule has 0 bridgehead atoms. The number of thiophene rings is 1. The molecule has 0 saturated carbocycles. The highest BCUT2D eigenvalue weighted by molar-refractivity contribution is 7.26. The van der Waals surface area contributed by atoms with Gasteiger partial charge in [0.1, 0.15) is 11.2 Å². The summed E-state index contributed by atoms with van der Waals surface area (Å²) in [7, 11) is 0. The summed E-state index contributed by atoms with van der Waals surface area (Å²) in [6, 6.07) is 63.7. The Morgan fingerprint density at radius 1 is 0.421 bits per heavy atom. The molecule has 0 saturated heterocycles. The molecule has 0 spiro atoms. The van der Waals surface area contributed by atoms with Gasteiger partial charge >= 0.3 is 0 Å². The molecule has 57 heavy (non-hydrogen) atoms. The number of benzene rings is 8. The van der Waals surface area contributed by atoms with Crippen LogP contribution in [0.15, 0.2) is 186 Å². The summed E-state index contributed by atoms with van der Waals surface area (Å²) in [5.41, 5.74) is 10.2. The van der Waals surface area contributed by atoms with E-state index in [1.807, 2.05) is 42.5 Å². The first-order valence-corrected chi connectivity index (χ1v) is 19.8. The Morgan fingerprint density at radius 3 is 1.81 bits per heavy atom. The van der Waals surface area contributed by atoms with E-state index < -0.39 is 0 Å². The van der Waals surface area contributed by atoms with Crippen LogP contribution in [0.4, 0.5) is 0 Å². The minimum absolute atomic E-state index is 0.626. The largest absolute Gasteiger partial charge is 0.455 e. The fraction of sp³-hybridized carbons (Fsp3) is 0. The molecule has 5 nitrogen and oxygen atoms in total. The van der Waals surface area contributed by atoms with Gasteiger partial charge in [-0.2, -0.15) is 0 Å². The van der Waals surface area contributed by atoms with E-state index in [1.165, 1.54) is 10.8 Å². The molecule has 12 rings (SSSR count). The fourth-order valence-electron chi connectivity index (χ4n) is 8.51. The molecular formula is C51H30N4OS. The van der Waals surface area contributed by atoms with Crippen LogP contribution in [0.25, 0.3) is 115 Å². The highest BCUT2D eigenvalue weighted by atomic mass is 32.1. The maximum Gasteiger partial charge on any atom is 0.165 e. The zero-order valence-corrected chi connectivity index (χ0v) is 31.2. The van der Waals surface area contributed by atoms with Crippen LogP contribution >= 0.6 is 11.3 Å². The molecule has 0 amide bonds. The van der Waals surface area contributed by atoms with Crippen LogP contribution < -0.4 is 0 Å². The summed E-state index contributed by atoms with van der Waals surface area (Å²) in [5.74, 6) is 1.89. The summed E-state index contributed by atoms with van der Waals surface area (Å²) in [4.78, 5) is 15.6. The third-order valence-corrected chi connectivity index (χ3v) is 12.2. The molecule has 0 N–H and O–H groups in total. The topological polar surface area (TPSA) is 56.7 Å². The predicted molar refractivity (Wildman–Crippen MR) is 236 cm³/mol. The molecule has 8 aromatic carbocycles. The van der Waals surface area contributed by atoms with Gasteiger partial charge in [-0.15, -0.1) is 11.3 Å². The number of furan rings is 1. The third-order valence-electron chi connectivity index (χ3n) is 11.0. The van der Waals surface area contributed by atoms with Gasteiger partial charge in [-0.3, -0.25) is 0 Å². The van der Waals surface area contributed by atoms with Crippen LogP contribution in [0.1, 0.15) is 0 Å². The van der Waals surface area contributed by atoms with Gasteiger partial charge in [-0.25, -0.2) is 15.0 Å². The molecular weight excluding hydrogens is 717 g/mol. The average Bonchev–Trinajstić information content (AvgIpc) is 3.96. The zero-order chi connectivity index (χ0) is 37.5. The summed E-state index contributed by atoms with van der Waals surface area (Å²) in [5, 5.41) is 6.82. The maximum atomic E-state index is 6.72. The highest BCUT2D eigenvalue weighted by Gasteiger charge is 2.23. The Labute approximate surface area is 330 Å². The fourth-order valence-corrected chi connectivity index (χ4v) is 9.70. The lowest BCUT2D eigenvalue weighted by Crippen LogP contribution is -2.00.